The molecule has 0 saturated carbocycles. The van der Waals surface area contributed by atoms with Gasteiger partial charge in [0.1, 0.15) is 22.1 Å². The molecule has 2 aromatic carbocycles. The Kier molecular flexibility index (Phi) is 6.31. The van der Waals surface area contributed by atoms with E-state index in [1.165, 1.54) is 10.4 Å². The fraction of sp³-hybridized carbons (Fsp3) is 0.273. The Morgan fingerprint density at radius 2 is 1.68 bits per heavy atom. The second kappa shape index (κ2) is 8.89. The van der Waals surface area contributed by atoms with Crippen LogP contribution in [0.25, 0.3) is 10.6 Å². The van der Waals surface area contributed by atoms with Crippen molar-refractivity contribution in [3.63, 3.8) is 0 Å². The lowest BCUT2D eigenvalue weighted by atomic mass is 10.1. The lowest BCUT2D eigenvalue weighted by Gasteiger charge is -2.12. The van der Waals surface area contributed by atoms with Crippen LogP contribution in [0.1, 0.15) is 26.5 Å². The second-order valence-corrected chi connectivity index (χ2v) is 7.52. The number of ether oxygens (including phenoxy) is 2. The summed E-state index contributed by atoms with van der Waals surface area (Å²) < 4.78 is 10.6. The Hall–Kier alpha value is -2.86. The molecule has 0 aliphatic rings. The molecule has 1 amide bonds. The van der Waals surface area contributed by atoms with E-state index < -0.39 is 0 Å². The number of aryl methyl sites for hydroxylation is 2. The summed E-state index contributed by atoms with van der Waals surface area (Å²) in [7, 11) is 3.08. The molecular weight excluding hydrogens is 372 g/mol. The lowest BCUT2D eigenvalue weighted by Crippen LogP contribution is -2.26. The van der Waals surface area contributed by atoms with Crippen LogP contribution in [0.3, 0.4) is 0 Å². The van der Waals surface area contributed by atoms with Gasteiger partial charge in [-0.25, -0.2) is 4.98 Å². The van der Waals surface area contributed by atoms with Gasteiger partial charge in [0.2, 0.25) is 0 Å². The van der Waals surface area contributed by atoms with Crippen molar-refractivity contribution in [2.75, 3.05) is 20.8 Å². The number of hydrogen-bond donors (Lipinski definition) is 1. The van der Waals surface area contributed by atoms with Crippen molar-refractivity contribution >= 4 is 17.2 Å². The summed E-state index contributed by atoms with van der Waals surface area (Å²) in [5.74, 6) is 0.773. The van der Waals surface area contributed by atoms with Crippen LogP contribution in [-0.4, -0.2) is 31.7 Å². The van der Waals surface area contributed by atoms with Crippen molar-refractivity contribution in [2.45, 2.75) is 20.3 Å². The molecule has 3 rings (SSSR count). The van der Waals surface area contributed by atoms with Crippen molar-refractivity contribution in [1.29, 1.82) is 0 Å². The zero-order valence-corrected chi connectivity index (χ0v) is 17.4. The molecule has 0 aliphatic heterocycles. The summed E-state index contributed by atoms with van der Waals surface area (Å²) in [6.07, 6.45) is 0.721. The van der Waals surface area contributed by atoms with E-state index in [2.05, 4.69) is 41.5 Å². The largest absolute Gasteiger partial charge is 0.496 e. The van der Waals surface area contributed by atoms with Crippen LogP contribution in [-0.2, 0) is 6.42 Å². The number of carbonyl (C=O) groups excluding carboxylic acids is 1. The van der Waals surface area contributed by atoms with E-state index in [0.29, 0.717) is 23.6 Å². The highest BCUT2D eigenvalue weighted by molar-refractivity contribution is 7.15. The normalized spacial score (nSPS) is 10.6. The van der Waals surface area contributed by atoms with Crippen molar-refractivity contribution < 1.29 is 14.3 Å². The van der Waals surface area contributed by atoms with Crippen molar-refractivity contribution in [1.82, 2.24) is 10.3 Å². The highest BCUT2D eigenvalue weighted by atomic mass is 32.1. The number of methoxy groups -OCH3 is 2. The van der Waals surface area contributed by atoms with E-state index in [1.807, 2.05) is 6.92 Å². The van der Waals surface area contributed by atoms with Crippen molar-refractivity contribution in [2.24, 2.45) is 0 Å². The number of hydrogen-bond acceptors (Lipinski definition) is 5. The summed E-state index contributed by atoms with van der Waals surface area (Å²) in [5.41, 5.74) is 3.76. The lowest BCUT2D eigenvalue weighted by molar-refractivity contribution is 0.0948. The van der Waals surface area contributed by atoms with E-state index >= 15 is 0 Å². The Morgan fingerprint density at radius 1 is 1.04 bits per heavy atom. The summed E-state index contributed by atoms with van der Waals surface area (Å²) in [6, 6.07) is 13.7. The monoisotopic (exact) mass is 396 g/mol. The molecule has 0 fully saturated rings. The third-order valence-electron chi connectivity index (χ3n) is 4.48. The van der Waals surface area contributed by atoms with Crippen molar-refractivity contribution in [3.8, 4) is 22.1 Å². The predicted octanol–water partition coefficient (Wildman–Crippen LogP) is 4.42. The van der Waals surface area contributed by atoms with Gasteiger partial charge in [-0.05, 0) is 26.0 Å². The topological polar surface area (TPSA) is 60.5 Å². The average molecular weight is 397 g/mol. The highest BCUT2D eigenvalue weighted by Crippen LogP contribution is 2.29. The van der Waals surface area contributed by atoms with Gasteiger partial charge in [0.25, 0.3) is 5.91 Å². The van der Waals surface area contributed by atoms with Gasteiger partial charge < -0.3 is 14.8 Å². The number of amides is 1. The molecule has 3 aromatic rings. The number of carbonyl (C=O) groups is 1. The van der Waals surface area contributed by atoms with Crippen LogP contribution >= 0.6 is 11.3 Å². The maximum absolute atomic E-state index is 12.7. The van der Waals surface area contributed by atoms with Gasteiger partial charge in [-0.15, -0.1) is 11.3 Å². The van der Waals surface area contributed by atoms with Gasteiger partial charge in [-0.3, -0.25) is 4.79 Å². The molecule has 1 heterocycles. The van der Waals surface area contributed by atoms with E-state index in [-0.39, 0.29) is 5.91 Å². The van der Waals surface area contributed by atoms with Crippen LogP contribution in [0.15, 0.2) is 42.5 Å². The van der Waals surface area contributed by atoms with Gasteiger partial charge in [0.15, 0.2) is 0 Å². The molecule has 28 heavy (non-hydrogen) atoms. The molecule has 1 aromatic heterocycles. The van der Waals surface area contributed by atoms with E-state index in [0.717, 1.165) is 22.7 Å². The molecule has 0 spiro atoms. The van der Waals surface area contributed by atoms with Gasteiger partial charge in [-0.2, -0.15) is 0 Å². The van der Waals surface area contributed by atoms with E-state index in [4.69, 9.17) is 9.47 Å². The first-order valence-electron chi connectivity index (χ1n) is 9.06. The minimum atomic E-state index is -0.213. The zero-order chi connectivity index (χ0) is 20.1. The number of rotatable bonds is 7. The first kappa shape index (κ1) is 19.9. The summed E-state index contributed by atoms with van der Waals surface area (Å²) in [4.78, 5) is 18.5. The first-order valence-corrected chi connectivity index (χ1v) is 9.87. The van der Waals surface area contributed by atoms with Crippen molar-refractivity contribution in [3.05, 3.63) is 64.2 Å². The molecule has 0 radical (unpaired) electrons. The first-order chi connectivity index (χ1) is 13.5. The van der Waals surface area contributed by atoms with Gasteiger partial charge in [0, 0.05) is 23.4 Å². The third-order valence-corrected chi connectivity index (χ3v) is 5.75. The Morgan fingerprint density at radius 3 is 2.29 bits per heavy atom. The van der Waals surface area contributed by atoms with Gasteiger partial charge in [0.05, 0.1) is 19.9 Å². The number of nitrogens with one attached hydrogen (secondary N) is 1. The zero-order valence-electron chi connectivity index (χ0n) is 16.5. The summed E-state index contributed by atoms with van der Waals surface area (Å²) in [6.45, 7) is 4.59. The smallest absolute Gasteiger partial charge is 0.258 e. The fourth-order valence-corrected chi connectivity index (χ4v) is 4.00. The van der Waals surface area contributed by atoms with Gasteiger partial charge >= 0.3 is 0 Å². The molecule has 0 saturated heterocycles. The second-order valence-electron chi connectivity index (χ2n) is 6.44. The number of benzene rings is 2. The van der Waals surface area contributed by atoms with Crippen LogP contribution in [0.2, 0.25) is 0 Å². The molecule has 146 valence electrons. The number of aromatic nitrogens is 1. The maximum atomic E-state index is 12.7. The maximum Gasteiger partial charge on any atom is 0.258 e. The van der Waals surface area contributed by atoms with Crippen LogP contribution in [0, 0.1) is 13.8 Å². The average Bonchev–Trinajstić information content (AvgIpc) is 3.08. The van der Waals surface area contributed by atoms with E-state index in [1.54, 1.807) is 43.8 Å². The van der Waals surface area contributed by atoms with Crippen LogP contribution in [0.5, 0.6) is 11.5 Å². The van der Waals surface area contributed by atoms with Crippen LogP contribution < -0.4 is 14.8 Å². The molecule has 0 bridgehead atoms. The SMILES string of the molecule is COc1cccc(OC)c1C(=O)NCCc1sc(-c2ccc(C)cc2)nc1C. The Labute approximate surface area is 169 Å². The molecule has 6 heteroatoms. The van der Waals surface area contributed by atoms with Crippen LogP contribution in [0.4, 0.5) is 0 Å². The molecule has 1 N–H and O–H groups in total. The summed E-state index contributed by atoms with van der Waals surface area (Å²) in [5, 5.41) is 3.97. The quantitative estimate of drug-likeness (QED) is 0.642. The van der Waals surface area contributed by atoms with Gasteiger partial charge in [-0.1, -0.05) is 35.9 Å². The summed E-state index contributed by atoms with van der Waals surface area (Å²) >= 11 is 1.67. The number of thiazole rings is 1. The molecule has 5 nitrogen and oxygen atoms in total. The predicted molar refractivity (Wildman–Crippen MR) is 113 cm³/mol. The molecular formula is C22H24N2O3S. The van der Waals surface area contributed by atoms with E-state index in [9.17, 15) is 4.79 Å². The Bertz CT molecular complexity index is 942. The standard InChI is InChI=1S/C22H24N2O3S/c1-14-8-10-16(11-9-14)22-24-15(2)19(28-22)12-13-23-21(25)20-17(26-3)6-5-7-18(20)27-4/h5-11H,12-13H2,1-4H3,(H,23,25). The number of nitrogens with zero attached hydrogens (tertiary/aromatic N) is 1. The molecule has 0 aliphatic carbocycles. The minimum Gasteiger partial charge on any atom is -0.496 e. The minimum absolute atomic E-state index is 0.213. The fourth-order valence-electron chi connectivity index (χ4n) is 2.93. The highest BCUT2D eigenvalue weighted by Gasteiger charge is 2.18. The molecule has 0 unspecified atom stereocenters. The third kappa shape index (κ3) is 4.34. The Balaban J connectivity index is 1.67. The molecule has 0 atom stereocenters.